The average Bonchev–Trinajstić information content (AvgIpc) is 3.47. The van der Waals surface area contributed by atoms with Crippen LogP contribution < -0.4 is 5.32 Å². The van der Waals surface area contributed by atoms with Crippen molar-refractivity contribution >= 4 is 40.1 Å². The summed E-state index contributed by atoms with van der Waals surface area (Å²) < 4.78 is 0. The number of benzene rings is 2. The highest BCUT2D eigenvalue weighted by Crippen LogP contribution is 2.40. The number of nitrogens with one attached hydrogen (secondary N) is 1. The molecule has 0 spiro atoms. The van der Waals surface area contributed by atoms with Crippen LogP contribution in [0.5, 0.6) is 0 Å². The van der Waals surface area contributed by atoms with Crippen molar-refractivity contribution in [1.29, 1.82) is 0 Å². The van der Waals surface area contributed by atoms with E-state index in [1.165, 1.54) is 11.8 Å². The van der Waals surface area contributed by atoms with E-state index in [-0.39, 0.29) is 24.3 Å². The summed E-state index contributed by atoms with van der Waals surface area (Å²) in [4.78, 5) is 32.6. The SMILES string of the molecule is Cc1cccc(C)c1N=C1S[C@H](CC(=O)Nc2c(C)cccc2C)C(=O)N1C1CC1. The van der Waals surface area contributed by atoms with Gasteiger partial charge in [-0.05, 0) is 62.8 Å². The Morgan fingerprint density at radius 2 is 1.60 bits per heavy atom. The zero-order chi connectivity index (χ0) is 21.4. The normalized spacial score (nSPS) is 20.1. The highest BCUT2D eigenvalue weighted by Gasteiger charge is 2.46. The molecule has 1 N–H and O–H groups in total. The molecule has 0 unspecified atom stereocenters. The van der Waals surface area contributed by atoms with Crippen LogP contribution in [0.1, 0.15) is 41.5 Å². The van der Waals surface area contributed by atoms with E-state index in [1.807, 2.05) is 69.0 Å². The lowest BCUT2D eigenvalue weighted by Crippen LogP contribution is -2.35. The van der Waals surface area contributed by atoms with Gasteiger partial charge >= 0.3 is 0 Å². The number of amidine groups is 1. The van der Waals surface area contributed by atoms with Crippen LogP contribution in [0, 0.1) is 27.7 Å². The number of hydrogen-bond donors (Lipinski definition) is 1. The fourth-order valence-corrected chi connectivity index (χ4v) is 5.01. The van der Waals surface area contributed by atoms with E-state index in [2.05, 4.69) is 5.32 Å². The molecule has 2 aromatic carbocycles. The standard InChI is InChI=1S/C24H27N3O2S/c1-14-7-5-8-15(2)21(14)25-20(28)13-19-23(29)27(18-11-12-18)24(30-19)26-22-16(3)9-6-10-17(22)4/h5-10,18-19H,11-13H2,1-4H3,(H,25,28)/t19-/m1/s1. The lowest BCUT2D eigenvalue weighted by atomic mass is 10.1. The fourth-order valence-electron chi connectivity index (χ4n) is 3.81. The number of rotatable bonds is 5. The number of para-hydroxylation sites is 2. The number of thioether (sulfide) groups is 1. The maximum absolute atomic E-state index is 13.1. The zero-order valence-corrected chi connectivity index (χ0v) is 18.7. The monoisotopic (exact) mass is 421 g/mol. The Morgan fingerprint density at radius 1 is 1.03 bits per heavy atom. The molecular formula is C24H27N3O2S. The Balaban J connectivity index is 1.54. The van der Waals surface area contributed by atoms with Crippen molar-refractivity contribution in [3.8, 4) is 0 Å². The van der Waals surface area contributed by atoms with Crippen LogP contribution in [-0.4, -0.2) is 33.2 Å². The number of carbonyl (C=O) groups excluding carboxylic acids is 2. The Kier molecular flexibility index (Phi) is 5.69. The van der Waals surface area contributed by atoms with Gasteiger partial charge in [0.2, 0.25) is 11.8 Å². The van der Waals surface area contributed by atoms with E-state index < -0.39 is 5.25 Å². The van der Waals surface area contributed by atoms with Crippen molar-refractivity contribution in [3.05, 3.63) is 58.7 Å². The van der Waals surface area contributed by atoms with Gasteiger partial charge < -0.3 is 5.32 Å². The highest BCUT2D eigenvalue weighted by atomic mass is 32.2. The van der Waals surface area contributed by atoms with Gasteiger partial charge in [0.05, 0.1) is 5.69 Å². The van der Waals surface area contributed by atoms with E-state index >= 15 is 0 Å². The number of carbonyl (C=O) groups is 2. The molecule has 2 aliphatic rings. The quantitative estimate of drug-likeness (QED) is 0.735. The minimum absolute atomic E-state index is 0.00384. The summed E-state index contributed by atoms with van der Waals surface area (Å²) >= 11 is 1.42. The Bertz CT molecular complexity index is 1000. The predicted octanol–water partition coefficient (Wildman–Crippen LogP) is 5.04. The molecule has 1 saturated carbocycles. The second-order valence-corrected chi connectivity index (χ2v) is 9.37. The summed E-state index contributed by atoms with van der Waals surface area (Å²) in [7, 11) is 0. The van der Waals surface area contributed by atoms with E-state index in [1.54, 1.807) is 0 Å². The molecule has 1 aliphatic heterocycles. The van der Waals surface area contributed by atoms with E-state index in [0.717, 1.165) is 51.6 Å². The van der Waals surface area contributed by atoms with Gasteiger partial charge in [-0.3, -0.25) is 14.5 Å². The van der Waals surface area contributed by atoms with Gasteiger partial charge in [-0.15, -0.1) is 0 Å². The molecule has 156 valence electrons. The molecule has 1 atom stereocenters. The van der Waals surface area contributed by atoms with Crippen molar-refractivity contribution in [2.24, 2.45) is 4.99 Å². The third-order valence-electron chi connectivity index (χ3n) is 5.64. The van der Waals surface area contributed by atoms with Gasteiger partial charge in [0.25, 0.3) is 0 Å². The van der Waals surface area contributed by atoms with Crippen LogP contribution in [0.25, 0.3) is 0 Å². The summed E-state index contributed by atoms with van der Waals surface area (Å²) in [5.41, 5.74) is 5.96. The highest BCUT2D eigenvalue weighted by molar-refractivity contribution is 8.15. The number of aliphatic imine (C=N–C) groups is 1. The van der Waals surface area contributed by atoms with Crippen molar-refractivity contribution in [2.75, 3.05) is 5.32 Å². The van der Waals surface area contributed by atoms with Crippen molar-refractivity contribution in [2.45, 2.75) is 58.2 Å². The Morgan fingerprint density at radius 3 is 2.17 bits per heavy atom. The molecule has 4 rings (SSSR count). The predicted molar refractivity (Wildman–Crippen MR) is 123 cm³/mol. The van der Waals surface area contributed by atoms with Crippen molar-refractivity contribution in [3.63, 3.8) is 0 Å². The molecule has 2 aromatic rings. The second kappa shape index (κ2) is 8.26. The van der Waals surface area contributed by atoms with E-state index in [9.17, 15) is 9.59 Å². The van der Waals surface area contributed by atoms with Crippen LogP contribution in [-0.2, 0) is 9.59 Å². The molecule has 6 heteroatoms. The number of aryl methyl sites for hydroxylation is 4. The van der Waals surface area contributed by atoms with Gasteiger partial charge in [0.15, 0.2) is 5.17 Å². The largest absolute Gasteiger partial charge is 0.326 e. The van der Waals surface area contributed by atoms with Crippen molar-refractivity contribution in [1.82, 2.24) is 4.90 Å². The Labute approximate surface area is 182 Å². The summed E-state index contributed by atoms with van der Waals surface area (Å²) in [5.74, 6) is -0.133. The summed E-state index contributed by atoms with van der Waals surface area (Å²) in [5, 5.41) is 3.30. The molecule has 1 heterocycles. The lowest BCUT2D eigenvalue weighted by molar-refractivity contribution is -0.128. The topological polar surface area (TPSA) is 61.8 Å². The van der Waals surface area contributed by atoms with Crippen LogP contribution in [0.15, 0.2) is 41.4 Å². The lowest BCUT2D eigenvalue weighted by Gasteiger charge is -2.16. The first-order chi connectivity index (χ1) is 14.3. The van der Waals surface area contributed by atoms with Gasteiger partial charge in [-0.1, -0.05) is 48.2 Å². The van der Waals surface area contributed by atoms with Crippen LogP contribution in [0.3, 0.4) is 0 Å². The van der Waals surface area contributed by atoms with Crippen LogP contribution in [0.2, 0.25) is 0 Å². The smallest absolute Gasteiger partial charge is 0.242 e. The molecule has 0 aromatic heterocycles. The maximum atomic E-state index is 13.1. The number of nitrogens with zero attached hydrogens (tertiary/aromatic N) is 2. The van der Waals surface area contributed by atoms with Crippen LogP contribution in [0.4, 0.5) is 11.4 Å². The first-order valence-electron chi connectivity index (χ1n) is 10.4. The van der Waals surface area contributed by atoms with Crippen molar-refractivity contribution < 1.29 is 9.59 Å². The first-order valence-corrected chi connectivity index (χ1v) is 11.2. The molecule has 5 nitrogen and oxygen atoms in total. The molecule has 2 fully saturated rings. The second-order valence-electron chi connectivity index (χ2n) is 8.20. The zero-order valence-electron chi connectivity index (χ0n) is 17.9. The first kappa shape index (κ1) is 20.7. The third-order valence-corrected chi connectivity index (χ3v) is 6.79. The van der Waals surface area contributed by atoms with Gasteiger partial charge in [-0.2, -0.15) is 0 Å². The van der Waals surface area contributed by atoms with E-state index in [4.69, 9.17) is 4.99 Å². The fraction of sp³-hybridized carbons (Fsp3) is 0.375. The molecule has 1 aliphatic carbocycles. The maximum Gasteiger partial charge on any atom is 0.242 e. The summed E-state index contributed by atoms with van der Waals surface area (Å²) in [6, 6.07) is 12.2. The van der Waals surface area contributed by atoms with Crippen LogP contribution >= 0.6 is 11.8 Å². The minimum Gasteiger partial charge on any atom is -0.326 e. The number of hydrogen-bond acceptors (Lipinski definition) is 4. The number of amides is 2. The molecule has 0 radical (unpaired) electrons. The van der Waals surface area contributed by atoms with Gasteiger partial charge in [0, 0.05) is 18.2 Å². The molecule has 0 bridgehead atoms. The average molecular weight is 422 g/mol. The third kappa shape index (κ3) is 4.15. The molecule has 1 saturated heterocycles. The molecule has 2 amide bonds. The van der Waals surface area contributed by atoms with Gasteiger partial charge in [0.1, 0.15) is 5.25 Å². The summed E-state index contributed by atoms with van der Waals surface area (Å²) in [6.07, 6.45) is 2.14. The van der Waals surface area contributed by atoms with Gasteiger partial charge in [-0.25, -0.2) is 4.99 Å². The molecular weight excluding hydrogens is 394 g/mol. The summed E-state index contributed by atoms with van der Waals surface area (Å²) in [6.45, 7) is 8.01. The van der Waals surface area contributed by atoms with E-state index in [0.29, 0.717) is 0 Å². The Hall–Kier alpha value is -2.60. The minimum atomic E-state index is -0.432. The number of anilines is 1. The molecule has 30 heavy (non-hydrogen) atoms.